The summed E-state index contributed by atoms with van der Waals surface area (Å²) >= 11 is 6.28. The molecule has 2 rings (SSSR count). The summed E-state index contributed by atoms with van der Waals surface area (Å²) in [6.07, 6.45) is 0.777. The van der Waals surface area contributed by atoms with E-state index in [0.717, 1.165) is 17.0 Å². The Bertz CT molecular complexity index is 566. The highest BCUT2D eigenvalue weighted by molar-refractivity contribution is 6.31. The van der Waals surface area contributed by atoms with Crippen molar-refractivity contribution in [3.63, 3.8) is 0 Å². The lowest BCUT2D eigenvalue weighted by atomic mass is 9.97. The third-order valence-electron chi connectivity index (χ3n) is 3.28. The van der Waals surface area contributed by atoms with Crippen LogP contribution in [0.25, 0.3) is 0 Å². The minimum Gasteiger partial charge on any atom is -0.271 e. The van der Waals surface area contributed by atoms with E-state index >= 15 is 0 Å². The highest BCUT2D eigenvalue weighted by Crippen LogP contribution is 2.24. The second-order valence-corrected chi connectivity index (χ2v) is 5.34. The highest BCUT2D eigenvalue weighted by atomic mass is 35.5. The molecule has 2 nitrogen and oxygen atoms in total. The molecule has 2 aromatic rings. The third-order valence-corrected chi connectivity index (χ3v) is 3.63. The first-order valence-corrected chi connectivity index (χ1v) is 6.75. The van der Waals surface area contributed by atoms with Crippen LogP contribution < -0.4 is 11.3 Å². The van der Waals surface area contributed by atoms with Gasteiger partial charge in [-0.3, -0.25) is 11.3 Å². The molecule has 19 heavy (non-hydrogen) atoms. The van der Waals surface area contributed by atoms with Gasteiger partial charge in [0, 0.05) is 5.02 Å². The molecule has 0 bridgehead atoms. The first-order valence-electron chi connectivity index (χ1n) is 6.38. The van der Waals surface area contributed by atoms with E-state index in [9.17, 15) is 0 Å². The summed E-state index contributed by atoms with van der Waals surface area (Å²) in [7, 11) is 0. The van der Waals surface area contributed by atoms with Gasteiger partial charge in [-0.15, -0.1) is 0 Å². The van der Waals surface area contributed by atoms with Crippen LogP contribution in [0.1, 0.15) is 28.3 Å². The maximum Gasteiger partial charge on any atom is 0.0500 e. The number of benzene rings is 2. The fourth-order valence-corrected chi connectivity index (χ4v) is 2.51. The maximum absolute atomic E-state index is 6.28. The third kappa shape index (κ3) is 3.57. The zero-order chi connectivity index (χ0) is 13.8. The van der Waals surface area contributed by atoms with Crippen LogP contribution >= 0.6 is 11.6 Å². The molecule has 0 aliphatic rings. The number of hydrogen-bond acceptors (Lipinski definition) is 2. The van der Waals surface area contributed by atoms with Crippen molar-refractivity contribution in [3.05, 3.63) is 69.7 Å². The van der Waals surface area contributed by atoms with Crippen molar-refractivity contribution in [2.45, 2.75) is 26.3 Å². The van der Waals surface area contributed by atoms with E-state index in [2.05, 4.69) is 42.7 Å². The van der Waals surface area contributed by atoms with Crippen molar-refractivity contribution in [2.24, 2.45) is 5.84 Å². The molecule has 0 heterocycles. The molecular weight excluding hydrogens is 256 g/mol. The van der Waals surface area contributed by atoms with Crippen molar-refractivity contribution in [3.8, 4) is 0 Å². The molecule has 0 spiro atoms. The summed E-state index contributed by atoms with van der Waals surface area (Å²) in [5.74, 6) is 5.69. The van der Waals surface area contributed by atoms with E-state index in [4.69, 9.17) is 17.4 Å². The lowest BCUT2D eigenvalue weighted by molar-refractivity contribution is 0.551. The minimum atomic E-state index is 0.0695. The van der Waals surface area contributed by atoms with Gasteiger partial charge in [0.1, 0.15) is 0 Å². The van der Waals surface area contributed by atoms with Crippen molar-refractivity contribution >= 4 is 11.6 Å². The van der Waals surface area contributed by atoms with Gasteiger partial charge in [0.05, 0.1) is 6.04 Å². The van der Waals surface area contributed by atoms with Crippen LogP contribution in [0.2, 0.25) is 5.02 Å². The van der Waals surface area contributed by atoms with Gasteiger partial charge in [0.15, 0.2) is 0 Å². The van der Waals surface area contributed by atoms with E-state index < -0.39 is 0 Å². The van der Waals surface area contributed by atoms with Crippen LogP contribution in [0.15, 0.2) is 42.5 Å². The molecule has 0 fully saturated rings. The highest BCUT2D eigenvalue weighted by Gasteiger charge is 2.12. The van der Waals surface area contributed by atoms with Gasteiger partial charge in [0.2, 0.25) is 0 Å². The standard InChI is InChI=1S/C16H19ClN2/c1-11-4-3-5-14(8-11)16(19-18)10-13-7-6-12(2)9-15(13)17/h3-9,16,19H,10,18H2,1-2H3. The number of rotatable bonds is 4. The predicted octanol–water partition coefficient (Wildman–Crippen LogP) is 3.70. The Kier molecular flexibility index (Phi) is 4.59. The van der Waals surface area contributed by atoms with Crippen molar-refractivity contribution in [2.75, 3.05) is 0 Å². The van der Waals surface area contributed by atoms with E-state index in [0.29, 0.717) is 0 Å². The van der Waals surface area contributed by atoms with Gasteiger partial charge in [-0.2, -0.15) is 0 Å². The van der Waals surface area contributed by atoms with Gasteiger partial charge in [-0.05, 0) is 43.0 Å². The molecule has 0 saturated carbocycles. The summed E-state index contributed by atoms with van der Waals surface area (Å²) in [6.45, 7) is 4.12. The molecule has 2 aromatic carbocycles. The molecule has 3 N–H and O–H groups in total. The normalized spacial score (nSPS) is 12.4. The van der Waals surface area contributed by atoms with Gasteiger partial charge < -0.3 is 0 Å². The Morgan fingerprint density at radius 1 is 1.11 bits per heavy atom. The summed E-state index contributed by atoms with van der Waals surface area (Å²) in [4.78, 5) is 0. The van der Waals surface area contributed by atoms with Crippen LogP contribution in [0.5, 0.6) is 0 Å². The second kappa shape index (κ2) is 6.20. The fourth-order valence-electron chi connectivity index (χ4n) is 2.20. The van der Waals surface area contributed by atoms with Gasteiger partial charge in [-0.1, -0.05) is 53.6 Å². The van der Waals surface area contributed by atoms with Crippen molar-refractivity contribution < 1.29 is 0 Å². The van der Waals surface area contributed by atoms with E-state index in [-0.39, 0.29) is 6.04 Å². The summed E-state index contributed by atoms with van der Waals surface area (Å²) in [6, 6.07) is 14.6. The second-order valence-electron chi connectivity index (χ2n) is 4.93. The Morgan fingerprint density at radius 3 is 2.47 bits per heavy atom. The average Bonchev–Trinajstić information content (AvgIpc) is 2.38. The average molecular weight is 275 g/mol. The van der Waals surface area contributed by atoms with Crippen LogP contribution in [0.3, 0.4) is 0 Å². The summed E-state index contributed by atoms with van der Waals surface area (Å²) < 4.78 is 0. The Labute approximate surface area is 119 Å². The largest absolute Gasteiger partial charge is 0.271 e. The quantitative estimate of drug-likeness (QED) is 0.659. The molecule has 0 radical (unpaired) electrons. The predicted molar refractivity (Wildman–Crippen MR) is 81.1 cm³/mol. The topological polar surface area (TPSA) is 38.0 Å². The summed E-state index contributed by atoms with van der Waals surface area (Å²) in [5.41, 5.74) is 7.56. The molecule has 0 aliphatic heterocycles. The van der Waals surface area contributed by atoms with E-state index in [1.807, 2.05) is 19.1 Å². The Morgan fingerprint density at radius 2 is 1.84 bits per heavy atom. The van der Waals surface area contributed by atoms with Crippen LogP contribution in [-0.2, 0) is 6.42 Å². The smallest absolute Gasteiger partial charge is 0.0500 e. The van der Waals surface area contributed by atoms with Gasteiger partial charge in [-0.25, -0.2) is 0 Å². The van der Waals surface area contributed by atoms with Crippen molar-refractivity contribution in [1.29, 1.82) is 0 Å². The number of nitrogens with one attached hydrogen (secondary N) is 1. The van der Waals surface area contributed by atoms with Gasteiger partial charge in [0.25, 0.3) is 0 Å². The molecule has 0 aromatic heterocycles. The summed E-state index contributed by atoms with van der Waals surface area (Å²) in [5, 5.41) is 0.799. The number of nitrogens with two attached hydrogens (primary N) is 1. The lowest BCUT2D eigenvalue weighted by Gasteiger charge is -2.18. The van der Waals surface area contributed by atoms with Crippen molar-refractivity contribution in [1.82, 2.24) is 5.43 Å². The molecule has 1 atom stereocenters. The van der Waals surface area contributed by atoms with Crippen LogP contribution in [-0.4, -0.2) is 0 Å². The molecule has 1 unspecified atom stereocenters. The molecule has 0 saturated heterocycles. The number of halogens is 1. The maximum atomic E-state index is 6.28. The first kappa shape index (κ1) is 14.1. The monoisotopic (exact) mass is 274 g/mol. The zero-order valence-electron chi connectivity index (χ0n) is 11.3. The molecule has 100 valence electrons. The number of aryl methyl sites for hydroxylation is 2. The van der Waals surface area contributed by atoms with Gasteiger partial charge >= 0.3 is 0 Å². The fraction of sp³-hybridized carbons (Fsp3) is 0.250. The Balaban J connectivity index is 2.24. The SMILES string of the molecule is Cc1cccc(C(Cc2ccc(C)cc2Cl)NN)c1. The first-order chi connectivity index (χ1) is 9.10. The Hall–Kier alpha value is -1.35. The van der Waals surface area contributed by atoms with Crippen LogP contribution in [0.4, 0.5) is 0 Å². The van der Waals surface area contributed by atoms with Crippen LogP contribution in [0, 0.1) is 13.8 Å². The molecule has 3 heteroatoms. The van der Waals surface area contributed by atoms with E-state index in [1.165, 1.54) is 16.7 Å². The minimum absolute atomic E-state index is 0.0695. The number of hydrogen-bond donors (Lipinski definition) is 2. The number of hydrazine groups is 1. The zero-order valence-corrected chi connectivity index (χ0v) is 12.0. The van der Waals surface area contributed by atoms with E-state index in [1.54, 1.807) is 0 Å². The molecular formula is C16H19ClN2. The molecule has 0 aliphatic carbocycles. The molecule has 0 amide bonds. The lowest BCUT2D eigenvalue weighted by Crippen LogP contribution is -2.29.